The van der Waals surface area contributed by atoms with Crippen LogP contribution in [0.3, 0.4) is 0 Å². The van der Waals surface area contributed by atoms with E-state index < -0.39 is 11.5 Å². The van der Waals surface area contributed by atoms with Crippen LogP contribution in [-0.2, 0) is 9.53 Å². The van der Waals surface area contributed by atoms with Crippen molar-refractivity contribution in [3.63, 3.8) is 0 Å². The van der Waals surface area contributed by atoms with Crippen LogP contribution in [0.15, 0.2) is 0 Å². The summed E-state index contributed by atoms with van der Waals surface area (Å²) in [6.07, 6.45) is 2.77. The first-order chi connectivity index (χ1) is 8.64. The molecule has 0 bridgehead atoms. The van der Waals surface area contributed by atoms with Gasteiger partial charge in [0.05, 0.1) is 18.1 Å². The molecule has 1 aliphatic rings. The number of nitrogens with one attached hydrogen (secondary N) is 2. The number of hydrogen-bond acceptors (Lipinski definition) is 4. The monoisotopic (exact) mass is 258 g/mol. The van der Waals surface area contributed by atoms with E-state index in [9.17, 15) is 9.90 Å². The molecule has 18 heavy (non-hydrogen) atoms. The van der Waals surface area contributed by atoms with Crippen molar-refractivity contribution >= 4 is 5.91 Å². The van der Waals surface area contributed by atoms with Crippen LogP contribution in [0.25, 0.3) is 0 Å². The highest BCUT2D eigenvalue weighted by atomic mass is 16.5. The first-order valence-electron chi connectivity index (χ1n) is 6.80. The lowest BCUT2D eigenvalue weighted by Gasteiger charge is -2.35. The summed E-state index contributed by atoms with van der Waals surface area (Å²) in [6.45, 7) is 4.49. The molecule has 3 N–H and O–H groups in total. The van der Waals surface area contributed by atoms with Crippen LogP contribution in [-0.4, -0.2) is 50.5 Å². The molecule has 1 amide bonds. The fourth-order valence-corrected chi connectivity index (χ4v) is 2.45. The molecule has 0 radical (unpaired) electrons. The van der Waals surface area contributed by atoms with Gasteiger partial charge in [0.2, 0.25) is 5.91 Å². The summed E-state index contributed by atoms with van der Waals surface area (Å²) in [6, 6.07) is 0. The Morgan fingerprint density at radius 1 is 1.50 bits per heavy atom. The minimum Gasteiger partial charge on any atom is -0.391 e. The van der Waals surface area contributed by atoms with Crippen molar-refractivity contribution in [2.75, 3.05) is 33.4 Å². The number of amides is 1. The first-order valence-corrected chi connectivity index (χ1v) is 6.80. The van der Waals surface area contributed by atoms with E-state index in [0.29, 0.717) is 13.2 Å². The molecule has 5 heteroatoms. The second-order valence-corrected chi connectivity index (χ2v) is 5.12. The number of piperidine rings is 1. The van der Waals surface area contributed by atoms with E-state index in [-0.39, 0.29) is 5.91 Å². The highest BCUT2D eigenvalue weighted by Crippen LogP contribution is 2.29. The molecule has 1 atom stereocenters. The number of aliphatic hydroxyl groups is 1. The molecule has 0 aliphatic carbocycles. The van der Waals surface area contributed by atoms with E-state index in [1.165, 1.54) is 0 Å². The fraction of sp³-hybridized carbons (Fsp3) is 0.923. The van der Waals surface area contributed by atoms with Gasteiger partial charge in [-0.1, -0.05) is 13.3 Å². The van der Waals surface area contributed by atoms with Gasteiger partial charge in [-0.25, -0.2) is 0 Å². The van der Waals surface area contributed by atoms with Gasteiger partial charge in [-0.2, -0.15) is 0 Å². The lowest BCUT2D eigenvalue weighted by molar-refractivity contribution is -0.136. The number of ether oxygens (including phenoxy) is 1. The molecule has 1 aliphatic heterocycles. The number of carbonyl (C=O) groups is 1. The van der Waals surface area contributed by atoms with Gasteiger partial charge < -0.3 is 20.5 Å². The van der Waals surface area contributed by atoms with Crippen LogP contribution in [0.5, 0.6) is 0 Å². The van der Waals surface area contributed by atoms with Crippen LogP contribution in [0, 0.1) is 5.41 Å². The average molecular weight is 258 g/mol. The van der Waals surface area contributed by atoms with Gasteiger partial charge in [0.25, 0.3) is 0 Å². The van der Waals surface area contributed by atoms with Crippen LogP contribution >= 0.6 is 0 Å². The Morgan fingerprint density at radius 2 is 2.17 bits per heavy atom. The van der Waals surface area contributed by atoms with E-state index in [1.807, 2.05) is 6.92 Å². The molecule has 1 heterocycles. The molecule has 0 spiro atoms. The fourth-order valence-electron chi connectivity index (χ4n) is 2.45. The van der Waals surface area contributed by atoms with E-state index in [1.54, 1.807) is 7.11 Å². The summed E-state index contributed by atoms with van der Waals surface area (Å²) < 4.78 is 5.21. The summed E-state index contributed by atoms with van der Waals surface area (Å²) in [5.41, 5.74) is -0.425. The molecule has 0 aromatic carbocycles. The van der Waals surface area contributed by atoms with E-state index in [2.05, 4.69) is 10.6 Å². The van der Waals surface area contributed by atoms with Gasteiger partial charge in [-0.15, -0.1) is 0 Å². The zero-order chi connectivity index (χ0) is 13.4. The standard InChI is InChI=1S/C13H26N2O3/c1-3-4-11(16)9-15-12(17)13(10-18-2)5-7-14-8-6-13/h11,14,16H,3-10H2,1-2H3,(H,15,17). The lowest BCUT2D eigenvalue weighted by Crippen LogP contribution is -2.51. The molecule has 1 rings (SSSR count). The maximum absolute atomic E-state index is 12.3. The van der Waals surface area contributed by atoms with Crippen LogP contribution < -0.4 is 10.6 Å². The predicted octanol–water partition coefficient (Wildman–Crippen LogP) is 0.280. The smallest absolute Gasteiger partial charge is 0.228 e. The number of carbonyl (C=O) groups excluding carboxylic acids is 1. The molecule has 1 saturated heterocycles. The summed E-state index contributed by atoms with van der Waals surface area (Å²) >= 11 is 0. The third-order valence-electron chi connectivity index (χ3n) is 3.58. The summed E-state index contributed by atoms with van der Waals surface area (Å²) in [4.78, 5) is 12.3. The number of methoxy groups -OCH3 is 1. The summed E-state index contributed by atoms with van der Waals surface area (Å²) in [5, 5.41) is 15.8. The second kappa shape index (κ2) is 7.71. The molecular weight excluding hydrogens is 232 g/mol. The van der Waals surface area contributed by atoms with Crippen molar-refractivity contribution in [2.24, 2.45) is 5.41 Å². The number of hydrogen-bond donors (Lipinski definition) is 3. The lowest BCUT2D eigenvalue weighted by atomic mass is 9.78. The van der Waals surface area contributed by atoms with Crippen LogP contribution in [0.4, 0.5) is 0 Å². The minimum absolute atomic E-state index is 0.0148. The molecule has 0 saturated carbocycles. The first kappa shape index (κ1) is 15.4. The number of aliphatic hydroxyl groups excluding tert-OH is 1. The van der Waals surface area contributed by atoms with E-state index in [4.69, 9.17) is 4.74 Å². The van der Waals surface area contributed by atoms with Gasteiger partial charge in [0.1, 0.15) is 0 Å². The van der Waals surface area contributed by atoms with E-state index in [0.717, 1.165) is 38.8 Å². The van der Waals surface area contributed by atoms with Gasteiger partial charge in [-0.3, -0.25) is 4.79 Å². The van der Waals surface area contributed by atoms with Gasteiger partial charge in [0, 0.05) is 13.7 Å². The zero-order valence-electron chi connectivity index (χ0n) is 11.5. The Balaban J connectivity index is 2.49. The maximum atomic E-state index is 12.3. The van der Waals surface area contributed by atoms with Crippen molar-refractivity contribution in [3.05, 3.63) is 0 Å². The van der Waals surface area contributed by atoms with Crippen molar-refractivity contribution in [3.8, 4) is 0 Å². The van der Waals surface area contributed by atoms with Crippen molar-refractivity contribution in [2.45, 2.75) is 38.7 Å². The van der Waals surface area contributed by atoms with Crippen molar-refractivity contribution < 1.29 is 14.6 Å². The minimum atomic E-state index is -0.444. The zero-order valence-corrected chi connectivity index (χ0v) is 11.5. The molecule has 5 nitrogen and oxygen atoms in total. The predicted molar refractivity (Wildman–Crippen MR) is 70.3 cm³/mol. The molecule has 1 fully saturated rings. The Hall–Kier alpha value is -0.650. The highest BCUT2D eigenvalue weighted by Gasteiger charge is 2.39. The Bertz CT molecular complexity index is 247. The quantitative estimate of drug-likeness (QED) is 0.613. The SMILES string of the molecule is CCCC(O)CNC(=O)C1(COC)CCNCC1. The number of rotatable bonds is 7. The molecule has 0 aromatic heterocycles. The van der Waals surface area contributed by atoms with Gasteiger partial charge >= 0.3 is 0 Å². The van der Waals surface area contributed by atoms with Gasteiger partial charge in [0.15, 0.2) is 0 Å². The van der Waals surface area contributed by atoms with Gasteiger partial charge in [-0.05, 0) is 32.4 Å². The Labute approximate surface area is 109 Å². The van der Waals surface area contributed by atoms with Crippen molar-refractivity contribution in [1.82, 2.24) is 10.6 Å². The normalized spacial score (nSPS) is 20.4. The summed E-state index contributed by atoms with van der Waals surface area (Å²) in [5.74, 6) is 0.0148. The third kappa shape index (κ3) is 4.23. The topological polar surface area (TPSA) is 70.6 Å². The third-order valence-corrected chi connectivity index (χ3v) is 3.58. The highest BCUT2D eigenvalue weighted by molar-refractivity contribution is 5.83. The van der Waals surface area contributed by atoms with Crippen LogP contribution in [0.1, 0.15) is 32.6 Å². The largest absolute Gasteiger partial charge is 0.391 e. The molecule has 0 aromatic rings. The average Bonchev–Trinajstić information content (AvgIpc) is 2.38. The molecule has 1 unspecified atom stereocenters. The maximum Gasteiger partial charge on any atom is 0.228 e. The Kier molecular flexibility index (Phi) is 6.60. The van der Waals surface area contributed by atoms with Crippen LogP contribution in [0.2, 0.25) is 0 Å². The molecule has 106 valence electrons. The molecular formula is C13H26N2O3. The summed E-state index contributed by atoms with van der Waals surface area (Å²) in [7, 11) is 1.63. The van der Waals surface area contributed by atoms with E-state index >= 15 is 0 Å². The Morgan fingerprint density at radius 3 is 2.72 bits per heavy atom. The van der Waals surface area contributed by atoms with Crippen molar-refractivity contribution in [1.29, 1.82) is 0 Å². The second-order valence-electron chi connectivity index (χ2n) is 5.12.